The second-order valence-corrected chi connectivity index (χ2v) is 11.6. The van der Waals surface area contributed by atoms with Gasteiger partial charge in [-0.3, -0.25) is 0 Å². The molecular formula is C27H24Cl5N3O4. The van der Waals surface area contributed by atoms with Crippen molar-refractivity contribution in [1.29, 1.82) is 0 Å². The molecule has 1 aliphatic heterocycles. The molecule has 0 bridgehead atoms. The second-order valence-electron chi connectivity index (χ2n) is 9.55. The van der Waals surface area contributed by atoms with Crippen LogP contribution in [0.25, 0.3) is 11.0 Å². The van der Waals surface area contributed by atoms with Gasteiger partial charge >= 0.3 is 0 Å². The second kappa shape index (κ2) is 11.7. The zero-order valence-corrected chi connectivity index (χ0v) is 24.7. The molecule has 1 aliphatic rings. The van der Waals surface area contributed by atoms with Crippen LogP contribution in [0.4, 0.5) is 0 Å². The molecule has 0 unspecified atom stereocenters. The molecule has 2 aromatic carbocycles. The van der Waals surface area contributed by atoms with Crippen molar-refractivity contribution in [2.24, 2.45) is 0 Å². The number of ether oxygens (including phenoxy) is 3. The van der Waals surface area contributed by atoms with Crippen LogP contribution in [0.15, 0.2) is 48.9 Å². The minimum atomic E-state index is -1.50. The molecule has 12 heteroatoms. The first-order valence-corrected chi connectivity index (χ1v) is 13.9. The predicted octanol–water partition coefficient (Wildman–Crippen LogP) is 7.46. The Hall–Kier alpha value is -1.65. The monoisotopic (exact) mass is 629 g/mol. The molecule has 39 heavy (non-hydrogen) atoms. The minimum Gasteiger partial charge on any atom is -0.383 e. The number of aromatic nitrogens is 3. The van der Waals surface area contributed by atoms with Gasteiger partial charge in [-0.25, -0.2) is 9.97 Å². The van der Waals surface area contributed by atoms with Crippen LogP contribution in [0.2, 0.25) is 25.2 Å². The lowest BCUT2D eigenvalue weighted by Crippen LogP contribution is -2.46. The van der Waals surface area contributed by atoms with Gasteiger partial charge in [0.15, 0.2) is 6.23 Å². The fraction of sp³-hybridized carbons (Fsp3) is 0.333. The first-order valence-electron chi connectivity index (χ1n) is 12.0. The lowest BCUT2D eigenvalue weighted by Gasteiger charge is -2.30. The van der Waals surface area contributed by atoms with Gasteiger partial charge in [-0.1, -0.05) is 70.1 Å². The Balaban J connectivity index is 1.42. The molecule has 0 radical (unpaired) electrons. The number of hydrogen-bond acceptors (Lipinski definition) is 6. The van der Waals surface area contributed by atoms with E-state index >= 15 is 0 Å². The third kappa shape index (κ3) is 5.89. The molecule has 4 aromatic rings. The number of benzene rings is 2. The van der Waals surface area contributed by atoms with Crippen LogP contribution in [-0.2, 0) is 27.4 Å². The van der Waals surface area contributed by atoms with Crippen LogP contribution in [0, 0.1) is 6.92 Å². The van der Waals surface area contributed by atoms with Crippen LogP contribution >= 0.6 is 58.0 Å². The number of halogens is 5. The summed E-state index contributed by atoms with van der Waals surface area (Å²) in [7, 11) is 0. The van der Waals surface area contributed by atoms with E-state index in [1.807, 2.05) is 13.1 Å². The average molecular weight is 632 g/mol. The number of nitrogens with zero attached hydrogens (tertiary/aromatic N) is 3. The zero-order valence-electron chi connectivity index (χ0n) is 20.9. The first kappa shape index (κ1) is 28.9. The smallest absolute Gasteiger partial charge is 0.167 e. The molecule has 7 nitrogen and oxygen atoms in total. The van der Waals surface area contributed by atoms with Crippen LogP contribution in [-0.4, -0.2) is 44.1 Å². The third-order valence-corrected chi connectivity index (χ3v) is 8.17. The van der Waals surface area contributed by atoms with Gasteiger partial charge in [-0.2, -0.15) is 0 Å². The first-order chi connectivity index (χ1) is 18.6. The maximum Gasteiger partial charge on any atom is 0.167 e. The Kier molecular flexibility index (Phi) is 8.65. The fourth-order valence-corrected chi connectivity index (χ4v) is 5.99. The predicted molar refractivity (Wildman–Crippen MR) is 153 cm³/mol. The quantitative estimate of drug-likeness (QED) is 0.204. The number of aryl methyl sites for hydroxylation is 1. The summed E-state index contributed by atoms with van der Waals surface area (Å²) in [5.41, 5.74) is 1.37. The topological polar surface area (TPSA) is 78.6 Å². The van der Waals surface area contributed by atoms with Crippen molar-refractivity contribution in [3.63, 3.8) is 0 Å². The standard InChI is InChI=1S/C27H24Cl5N3O4/c1-14-9-35(25-22(14)24(32)33-13-34-25)26-27(2,36)23(38-11-16-4-6-18(29)8-20(16)31)21(39-26)12-37-10-15-3-5-17(28)7-19(15)30/h3-9,13,21,23,26,36H,10-12H2,1-2H3/t21-,23+,26-,27-/m1/s1. The van der Waals surface area contributed by atoms with Gasteiger partial charge in [0, 0.05) is 26.3 Å². The molecular weight excluding hydrogens is 608 g/mol. The molecule has 206 valence electrons. The molecule has 1 N–H and O–H groups in total. The largest absolute Gasteiger partial charge is 0.383 e. The highest BCUT2D eigenvalue weighted by atomic mass is 35.5. The summed E-state index contributed by atoms with van der Waals surface area (Å²) in [4.78, 5) is 8.49. The lowest BCUT2D eigenvalue weighted by molar-refractivity contribution is -0.114. The van der Waals surface area contributed by atoms with Gasteiger partial charge in [0.05, 0.1) is 25.2 Å². The van der Waals surface area contributed by atoms with E-state index in [4.69, 9.17) is 72.2 Å². The van der Waals surface area contributed by atoms with Crippen molar-refractivity contribution in [2.45, 2.75) is 51.1 Å². The van der Waals surface area contributed by atoms with E-state index < -0.39 is 24.0 Å². The van der Waals surface area contributed by atoms with Crippen LogP contribution < -0.4 is 0 Å². The van der Waals surface area contributed by atoms with Crippen molar-refractivity contribution in [2.75, 3.05) is 6.61 Å². The fourth-order valence-electron chi connectivity index (χ4n) is 4.79. The van der Waals surface area contributed by atoms with Crippen LogP contribution in [0.3, 0.4) is 0 Å². The molecule has 0 spiro atoms. The maximum atomic E-state index is 11.9. The Morgan fingerprint density at radius 2 is 1.62 bits per heavy atom. The number of aliphatic hydroxyl groups is 1. The molecule has 4 atom stereocenters. The molecule has 1 fully saturated rings. The number of hydrogen-bond donors (Lipinski definition) is 1. The van der Waals surface area contributed by atoms with E-state index in [1.54, 1.807) is 47.9 Å². The summed E-state index contributed by atoms with van der Waals surface area (Å²) < 4.78 is 20.4. The van der Waals surface area contributed by atoms with Gasteiger partial charge in [-0.05, 0) is 54.8 Å². The van der Waals surface area contributed by atoms with Gasteiger partial charge in [0.25, 0.3) is 0 Å². The third-order valence-electron chi connectivity index (χ3n) is 6.71. The Morgan fingerprint density at radius 3 is 2.26 bits per heavy atom. The molecule has 1 saturated heterocycles. The van der Waals surface area contributed by atoms with E-state index in [-0.39, 0.29) is 19.8 Å². The van der Waals surface area contributed by atoms with E-state index in [0.717, 1.165) is 16.7 Å². The Labute approximate surface area is 250 Å². The molecule has 0 aliphatic carbocycles. The summed E-state index contributed by atoms with van der Waals surface area (Å²) in [6, 6.07) is 10.3. The highest BCUT2D eigenvalue weighted by molar-refractivity contribution is 6.35. The van der Waals surface area contributed by atoms with E-state index in [9.17, 15) is 5.11 Å². The van der Waals surface area contributed by atoms with Crippen molar-refractivity contribution in [1.82, 2.24) is 14.5 Å². The number of rotatable bonds is 8. The molecule has 0 amide bonds. The summed E-state index contributed by atoms with van der Waals surface area (Å²) in [5.74, 6) is 0. The summed E-state index contributed by atoms with van der Waals surface area (Å²) in [6.07, 6.45) is 0.881. The minimum absolute atomic E-state index is 0.110. The Morgan fingerprint density at radius 1 is 0.974 bits per heavy atom. The normalized spacial score (nSPS) is 23.1. The van der Waals surface area contributed by atoms with E-state index in [0.29, 0.717) is 36.3 Å². The lowest BCUT2D eigenvalue weighted by atomic mass is 9.96. The van der Waals surface area contributed by atoms with E-state index in [2.05, 4.69) is 9.97 Å². The van der Waals surface area contributed by atoms with Crippen LogP contribution in [0.1, 0.15) is 29.8 Å². The van der Waals surface area contributed by atoms with Crippen molar-refractivity contribution in [3.8, 4) is 0 Å². The molecule has 5 rings (SSSR count). The van der Waals surface area contributed by atoms with Crippen molar-refractivity contribution >= 4 is 69.0 Å². The van der Waals surface area contributed by atoms with Gasteiger partial charge in [-0.15, -0.1) is 0 Å². The van der Waals surface area contributed by atoms with Crippen molar-refractivity contribution in [3.05, 3.63) is 90.9 Å². The van der Waals surface area contributed by atoms with Gasteiger partial charge in [0.2, 0.25) is 0 Å². The van der Waals surface area contributed by atoms with Gasteiger partial charge in [0.1, 0.15) is 34.9 Å². The highest BCUT2D eigenvalue weighted by Crippen LogP contribution is 2.43. The van der Waals surface area contributed by atoms with Crippen molar-refractivity contribution < 1.29 is 19.3 Å². The van der Waals surface area contributed by atoms with Crippen LogP contribution in [0.5, 0.6) is 0 Å². The molecule has 3 heterocycles. The van der Waals surface area contributed by atoms with E-state index in [1.165, 1.54) is 6.33 Å². The maximum absolute atomic E-state index is 11.9. The summed E-state index contributed by atoms with van der Waals surface area (Å²) >= 11 is 31.1. The number of fused-ring (bicyclic) bond motifs is 1. The Bertz CT molecular complexity index is 1510. The zero-order chi connectivity index (χ0) is 27.9. The molecule has 2 aromatic heterocycles. The summed E-state index contributed by atoms with van der Waals surface area (Å²) in [5, 5.41) is 14.9. The average Bonchev–Trinajstić information content (AvgIpc) is 3.33. The van der Waals surface area contributed by atoms with Gasteiger partial charge < -0.3 is 23.9 Å². The SMILES string of the molecule is Cc1cn([C@@H]2O[C@H](COCc3ccc(Cl)cc3Cl)[C@H](OCc3ccc(Cl)cc3Cl)[C@@]2(C)O)c2ncnc(Cl)c12. The highest BCUT2D eigenvalue weighted by Gasteiger charge is 2.55. The molecule has 0 saturated carbocycles. The summed E-state index contributed by atoms with van der Waals surface area (Å²) in [6.45, 7) is 3.99.